The van der Waals surface area contributed by atoms with Crippen molar-refractivity contribution in [1.82, 2.24) is 10.6 Å². The third-order valence-electron chi connectivity index (χ3n) is 5.38. The van der Waals surface area contributed by atoms with Crippen LogP contribution in [-0.2, 0) is 6.42 Å². The highest BCUT2D eigenvalue weighted by molar-refractivity contribution is 6.33. The lowest BCUT2D eigenvalue weighted by molar-refractivity contribution is 0.0944. The van der Waals surface area contributed by atoms with Crippen molar-refractivity contribution < 1.29 is 9.90 Å². The Morgan fingerprint density at radius 2 is 1.78 bits per heavy atom. The lowest BCUT2D eigenvalue weighted by atomic mass is 9.91. The van der Waals surface area contributed by atoms with Crippen LogP contribution in [0.2, 0.25) is 5.02 Å². The largest absolute Gasteiger partial charge is 0.396 e. The van der Waals surface area contributed by atoms with Gasteiger partial charge in [-0.2, -0.15) is 0 Å². The van der Waals surface area contributed by atoms with Gasteiger partial charge in [-0.3, -0.25) is 4.79 Å². The van der Waals surface area contributed by atoms with E-state index in [0.29, 0.717) is 16.5 Å². The van der Waals surface area contributed by atoms with E-state index < -0.39 is 0 Å². The lowest BCUT2D eigenvalue weighted by Crippen LogP contribution is -2.30. The Morgan fingerprint density at radius 1 is 1.07 bits per heavy atom. The predicted octanol–water partition coefficient (Wildman–Crippen LogP) is 4.33. The molecule has 1 amide bonds. The molecule has 0 aromatic heterocycles. The number of aryl methyl sites for hydroxylation is 1. The van der Waals surface area contributed by atoms with Crippen LogP contribution in [0.3, 0.4) is 0 Å². The van der Waals surface area contributed by atoms with Crippen molar-refractivity contribution in [2.45, 2.75) is 64.2 Å². The van der Waals surface area contributed by atoms with Gasteiger partial charge in [-0.05, 0) is 68.8 Å². The van der Waals surface area contributed by atoms with E-state index in [1.54, 1.807) is 0 Å². The molecule has 0 saturated heterocycles. The van der Waals surface area contributed by atoms with Crippen molar-refractivity contribution in [1.29, 1.82) is 0 Å². The zero-order valence-electron chi connectivity index (χ0n) is 16.4. The molecule has 0 heterocycles. The van der Waals surface area contributed by atoms with Crippen LogP contribution in [0.4, 0.5) is 0 Å². The molecule has 1 aromatic carbocycles. The smallest absolute Gasteiger partial charge is 0.252 e. The summed E-state index contributed by atoms with van der Waals surface area (Å²) >= 11 is 6.28. The first kappa shape index (κ1) is 22.2. The van der Waals surface area contributed by atoms with E-state index in [9.17, 15) is 4.79 Å². The van der Waals surface area contributed by atoms with E-state index in [4.69, 9.17) is 16.7 Å². The second-order valence-corrected chi connectivity index (χ2v) is 8.07. The summed E-state index contributed by atoms with van der Waals surface area (Å²) in [5.74, 6) is 0.547. The lowest BCUT2D eigenvalue weighted by Gasteiger charge is -2.20. The van der Waals surface area contributed by atoms with Crippen LogP contribution < -0.4 is 10.6 Å². The van der Waals surface area contributed by atoms with Crippen LogP contribution in [0.1, 0.15) is 73.7 Å². The number of aliphatic hydroxyl groups excluding tert-OH is 1. The Bertz CT molecular complexity index is 557. The van der Waals surface area contributed by atoms with Gasteiger partial charge in [0.05, 0.1) is 10.6 Å². The molecule has 1 fully saturated rings. The minimum Gasteiger partial charge on any atom is -0.396 e. The summed E-state index contributed by atoms with van der Waals surface area (Å²) in [7, 11) is 0. The number of amides is 1. The van der Waals surface area contributed by atoms with Crippen molar-refractivity contribution in [2.24, 2.45) is 5.92 Å². The average molecular weight is 395 g/mol. The van der Waals surface area contributed by atoms with Crippen molar-refractivity contribution in [3.63, 3.8) is 0 Å². The van der Waals surface area contributed by atoms with Crippen molar-refractivity contribution >= 4 is 17.5 Å². The van der Waals surface area contributed by atoms with Gasteiger partial charge in [0.15, 0.2) is 0 Å². The summed E-state index contributed by atoms with van der Waals surface area (Å²) in [6.45, 7) is 2.73. The van der Waals surface area contributed by atoms with E-state index >= 15 is 0 Å². The van der Waals surface area contributed by atoms with Gasteiger partial charge in [-0.25, -0.2) is 0 Å². The van der Waals surface area contributed by atoms with E-state index in [-0.39, 0.29) is 12.5 Å². The third-order valence-corrected chi connectivity index (χ3v) is 5.71. The number of hydrogen-bond donors (Lipinski definition) is 3. The first-order valence-electron chi connectivity index (χ1n) is 10.6. The molecular formula is C22H35ClN2O2. The van der Waals surface area contributed by atoms with Crippen LogP contribution in [0.25, 0.3) is 0 Å². The van der Waals surface area contributed by atoms with Gasteiger partial charge in [-0.1, -0.05) is 49.8 Å². The molecule has 0 spiro atoms. The molecule has 152 valence electrons. The van der Waals surface area contributed by atoms with Gasteiger partial charge < -0.3 is 15.7 Å². The van der Waals surface area contributed by atoms with Crippen LogP contribution in [-0.4, -0.2) is 37.3 Å². The summed E-state index contributed by atoms with van der Waals surface area (Å²) in [6.07, 6.45) is 11.7. The molecule has 1 aliphatic rings. The molecule has 1 aromatic rings. The predicted molar refractivity (Wildman–Crippen MR) is 112 cm³/mol. The molecule has 1 aliphatic carbocycles. The Kier molecular flexibility index (Phi) is 10.8. The normalized spacial score (nSPS) is 15.9. The van der Waals surface area contributed by atoms with Crippen molar-refractivity contribution in [3.05, 3.63) is 34.3 Å². The van der Waals surface area contributed by atoms with Crippen LogP contribution in [0.5, 0.6) is 0 Å². The quantitative estimate of drug-likeness (QED) is 0.517. The van der Waals surface area contributed by atoms with E-state index in [1.165, 1.54) is 44.9 Å². The summed E-state index contributed by atoms with van der Waals surface area (Å²) in [6, 6.07) is 5.77. The maximum atomic E-state index is 12.6. The standard InChI is InChI=1S/C22H35ClN2O2/c23-21-12-11-18(10-6-13-24-14-7-15-26)16-20(21)22(27)25-17-19-8-4-2-1-3-5-9-19/h11-12,16,19,24,26H,1-10,13-15,17H2,(H,25,27). The Hall–Kier alpha value is -1.10. The first-order chi connectivity index (χ1) is 13.2. The number of carbonyl (C=O) groups is 1. The van der Waals surface area contributed by atoms with E-state index in [2.05, 4.69) is 10.6 Å². The fourth-order valence-electron chi connectivity index (χ4n) is 3.73. The summed E-state index contributed by atoms with van der Waals surface area (Å²) < 4.78 is 0. The second kappa shape index (κ2) is 13.1. The molecule has 0 bridgehead atoms. The molecule has 5 heteroatoms. The topological polar surface area (TPSA) is 61.4 Å². The second-order valence-electron chi connectivity index (χ2n) is 7.67. The number of aliphatic hydroxyl groups is 1. The molecule has 0 unspecified atom stereocenters. The van der Waals surface area contributed by atoms with Crippen LogP contribution >= 0.6 is 11.6 Å². The average Bonchev–Trinajstić information content (AvgIpc) is 2.64. The van der Waals surface area contributed by atoms with Crippen LogP contribution in [0.15, 0.2) is 18.2 Å². The maximum absolute atomic E-state index is 12.6. The molecule has 0 atom stereocenters. The minimum atomic E-state index is -0.0509. The summed E-state index contributed by atoms with van der Waals surface area (Å²) in [5, 5.41) is 15.7. The van der Waals surface area contributed by atoms with Gasteiger partial charge in [0.1, 0.15) is 0 Å². The SMILES string of the molecule is O=C(NCC1CCCCCCC1)c1cc(CCCNCCCO)ccc1Cl. The number of benzene rings is 1. The Labute approximate surface area is 169 Å². The van der Waals surface area contributed by atoms with Gasteiger partial charge >= 0.3 is 0 Å². The molecule has 27 heavy (non-hydrogen) atoms. The van der Waals surface area contributed by atoms with Crippen LogP contribution in [0, 0.1) is 5.92 Å². The van der Waals surface area contributed by atoms with Gasteiger partial charge in [0, 0.05) is 13.2 Å². The Morgan fingerprint density at radius 3 is 2.52 bits per heavy atom. The summed E-state index contributed by atoms with van der Waals surface area (Å²) in [5.41, 5.74) is 1.73. The highest BCUT2D eigenvalue weighted by Crippen LogP contribution is 2.22. The maximum Gasteiger partial charge on any atom is 0.252 e. The van der Waals surface area contributed by atoms with Crippen molar-refractivity contribution in [3.8, 4) is 0 Å². The fraction of sp³-hybridized carbons (Fsp3) is 0.682. The molecule has 4 nitrogen and oxygen atoms in total. The number of rotatable bonds is 10. The molecule has 0 aliphatic heterocycles. The third kappa shape index (κ3) is 8.63. The van der Waals surface area contributed by atoms with Gasteiger partial charge in [-0.15, -0.1) is 0 Å². The summed E-state index contributed by atoms with van der Waals surface area (Å²) in [4.78, 5) is 12.6. The zero-order valence-corrected chi connectivity index (χ0v) is 17.2. The molecule has 0 radical (unpaired) electrons. The number of carbonyl (C=O) groups excluding carboxylic acids is 1. The highest BCUT2D eigenvalue weighted by atomic mass is 35.5. The number of nitrogens with one attached hydrogen (secondary N) is 2. The van der Waals surface area contributed by atoms with Gasteiger partial charge in [0.25, 0.3) is 5.91 Å². The van der Waals surface area contributed by atoms with E-state index in [0.717, 1.165) is 44.5 Å². The minimum absolute atomic E-state index is 0.0509. The molecule has 1 saturated carbocycles. The fourth-order valence-corrected chi connectivity index (χ4v) is 3.93. The highest BCUT2D eigenvalue weighted by Gasteiger charge is 2.15. The number of halogens is 1. The molecule has 2 rings (SSSR count). The Balaban J connectivity index is 1.80. The molecule has 3 N–H and O–H groups in total. The van der Waals surface area contributed by atoms with Crippen molar-refractivity contribution in [2.75, 3.05) is 26.2 Å². The number of hydrogen-bond acceptors (Lipinski definition) is 3. The molecular weight excluding hydrogens is 360 g/mol. The van der Waals surface area contributed by atoms with E-state index in [1.807, 2.05) is 18.2 Å². The monoisotopic (exact) mass is 394 g/mol. The first-order valence-corrected chi connectivity index (χ1v) is 11.0. The zero-order chi connectivity index (χ0) is 19.3. The van der Waals surface area contributed by atoms with Gasteiger partial charge in [0.2, 0.25) is 0 Å².